The van der Waals surface area contributed by atoms with Gasteiger partial charge in [0.15, 0.2) is 25.2 Å². The fourth-order valence-corrected chi connectivity index (χ4v) is 8.00. The van der Waals surface area contributed by atoms with Crippen LogP contribution in [0.2, 0.25) is 0 Å². The smallest absolute Gasteiger partial charge is 0.342 e. The number of phenolic OH excluding ortho intramolecular Hbond substituents is 1. The van der Waals surface area contributed by atoms with E-state index < -0.39 is 23.5 Å². The largest absolute Gasteiger partial charge is 0.508 e. The van der Waals surface area contributed by atoms with Gasteiger partial charge in [0.1, 0.15) is 40.6 Å². The minimum Gasteiger partial charge on any atom is -0.508 e. The number of rotatable bonds is 6. The van der Waals surface area contributed by atoms with Gasteiger partial charge in [-0.05, 0) is 77.6 Å². The number of methoxy groups -OCH3 is 2. The van der Waals surface area contributed by atoms with Crippen molar-refractivity contribution in [2.75, 3.05) is 33.5 Å². The molecule has 0 saturated carbocycles. The normalized spacial score (nSPS) is 32.2. The van der Waals surface area contributed by atoms with E-state index in [0.29, 0.717) is 41.0 Å². The molecule has 0 amide bonds. The number of nitrogen functional groups attached to an aromatic ring is 1. The zero-order chi connectivity index (χ0) is 46.9. The maximum absolute atomic E-state index is 13.2. The summed E-state index contributed by atoms with van der Waals surface area (Å²) in [7, 11) is 3.00. The topological polar surface area (TPSA) is 173 Å². The fraction of sp³-hybridized carbons (Fsp3) is 0.560. The Morgan fingerprint density at radius 1 is 0.609 bits per heavy atom. The van der Waals surface area contributed by atoms with Crippen molar-refractivity contribution in [3.8, 4) is 17.2 Å². The number of hydrogen-bond acceptors (Lipinski definition) is 14. The van der Waals surface area contributed by atoms with Crippen molar-refractivity contribution in [3.63, 3.8) is 0 Å². The molecular formula is C50H69NO13. The molecule has 352 valence electrons. The van der Waals surface area contributed by atoms with Crippen LogP contribution in [0.3, 0.4) is 0 Å². The van der Waals surface area contributed by atoms with E-state index in [1.54, 1.807) is 18.2 Å². The van der Waals surface area contributed by atoms with Gasteiger partial charge in [-0.1, -0.05) is 76.3 Å². The number of cyclic esters (lactones) is 2. The van der Waals surface area contributed by atoms with Gasteiger partial charge in [-0.25, -0.2) is 9.59 Å². The first kappa shape index (κ1) is 50.3. The number of carbonyl (C=O) groups excluding carboxylic acids is 2. The van der Waals surface area contributed by atoms with Crippen LogP contribution in [0.25, 0.3) is 12.2 Å². The van der Waals surface area contributed by atoms with Crippen LogP contribution >= 0.6 is 0 Å². The van der Waals surface area contributed by atoms with Gasteiger partial charge in [-0.3, -0.25) is 0 Å². The molecule has 10 atom stereocenters. The van der Waals surface area contributed by atoms with Gasteiger partial charge in [-0.15, -0.1) is 0 Å². The molecule has 64 heavy (non-hydrogen) atoms. The lowest BCUT2D eigenvalue weighted by Crippen LogP contribution is -2.29. The van der Waals surface area contributed by atoms with Gasteiger partial charge >= 0.3 is 11.9 Å². The molecule has 3 N–H and O–H groups in total. The lowest BCUT2D eigenvalue weighted by molar-refractivity contribution is -0.148. The van der Waals surface area contributed by atoms with Crippen LogP contribution in [-0.2, 0) is 37.9 Å². The molecule has 2 unspecified atom stereocenters. The lowest BCUT2D eigenvalue weighted by atomic mass is 9.94. The predicted octanol–water partition coefficient (Wildman–Crippen LogP) is 9.25. The van der Waals surface area contributed by atoms with Gasteiger partial charge in [0.25, 0.3) is 0 Å². The number of nitrogens with two attached hydrogens (primary N) is 1. The van der Waals surface area contributed by atoms with Gasteiger partial charge in [-0.2, -0.15) is 0 Å². The van der Waals surface area contributed by atoms with Crippen molar-refractivity contribution in [2.45, 2.75) is 130 Å². The number of aromatic hydroxyl groups is 1. The molecule has 0 spiro atoms. The van der Waals surface area contributed by atoms with Crippen LogP contribution in [0.5, 0.6) is 17.2 Å². The number of benzene rings is 2. The second-order valence-electron chi connectivity index (χ2n) is 18.0. The molecule has 4 aliphatic heterocycles. The van der Waals surface area contributed by atoms with Crippen molar-refractivity contribution in [2.24, 2.45) is 23.7 Å². The molecule has 0 aliphatic carbocycles. The Hall–Kier alpha value is -4.70. The van der Waals surface area contributed by atoms with Gasteiger partial charge in [0.05, 0.1) is 24.4 Å². The lowest BCUT2D eigenvalue weighted by Gasteiger charge is -2.23. The number of fused-ring (bicyclic) bond motifs is 4. The molecule has 2 aromatic rings. The van der Waals surface area contributed by atoms with Crippen LogP contribution in [0.15, 0.2) is 60.7 Å². The number of esters is 2. The average Bonchev–Trinajstić information content (AvgIpc) is 3.71. The third kappa shape index (κ3) is 13.2. The number of ether oxygens (including phenoxy) is 10. The highest BCUT2D eigenvalue weighted by molar-refractivity contribution is 5.98. The van der Waals surface area contributed by atoms with Crippen LogP contribution in [-0.4, -0.2) is 93.0 Å². The minimum atomic E-state index is -0.672. The molecule has 4 heterocycles. The van der Waals surface area contributed by atoms with Gasteiger partial charge in [0, 0.05) is 55.7 Å². The van der Waals surface area contributed by atoms with Gasteiger partial charge < -0.3 is 58.2 Å². The summed E-state index contributed by atoms with van der Waals surface area (Å²) in [5, 5.41) is 10.2. The van der Waals surface area contributed by atoms with Crippen molar-refractivity contribution in [1.29, 1.82) is 0 Å². The average molecular weight is 892 g/mol. The molecule has 2 aromatic carbocycles. The van der Waals surface area contributed by atoms with Crippen molar-refractivity contribution < 1.29 is 62.1 Å². The predicted molar refractivity (Wildman–Crippen MR) is 244 cm³/mol. The Balaban J connectivity index is 0.000000241. The third-order valence-corrected chi connectivity index (χ3v) is 11.7. The number of hydrogen-bond donors (Lipinski definition) is 2. The molecule has 14 nitrogen and oxygen atoms in total. The Morgan fingerprint density at radius 3 is 1.45 bits per heavy atom. The molecule has 6 rings (SSSR count). The van der Waals surface area contributed by atoms with E-state index in [0.717, 1.165) is 0 Å². The van der Waals surface area contributed by atoms with E-state index in [1.165, 1.54) is 26.4 Å². The SMILES string of the molecule is COCOc1cc(N)cc2c1C(=O)O[C@@H](C)[C@H](C)/C=C\C(C)[C@H]1OC(C)(C)O[C@H]1C/C=C/2.COCOc1cc(O)cc2c1C(=O)O[C@@H](C)[C@H](C)/C=C\C(C)[C@H]1OC(C)(C)O[C@H]1C/C=C/2. The van der Waals surface area contributed by atoms with E-state index in [-0.39, 0.29) is 90.9 Å². The first-order valence-electron chi connectivity index (χ1n) is 22.1. The molecule has 14 heteroatoms. The quantitative estimate of drug-likeness (QED) is 0.122. The third-order valence-electron chi connectivity index (χ3n) is 11.7. The summed E-state index contributed by atoms with van der Waals surface area (Å²) in [5.74, 6) is -1.55. The summed E-state index contributed by atoms with van der Waals surface area (Å²) >= 11 is 0. The standard InChI is InChI=1S/C25H35NO6.C25H34O7/c2*1-15-10-11-16(2)23-20(31-25(4,5)32-23)9-7-8-18-12-19(26)13-21(29-14-28-6)22(18)24(27)30-17(15)3/h7-8,10-13,15-17,20,23H,9,14,26H2,1-6H3;7-8,10-13,15-17,20,23,26H,9,14H2,1-6H3/b2*8-7+,11-10-/t2*15-,16?,17+,20+,23-/m11/s1. The number of carbonyl (C=O) groups is 2. The highest BCUT2D eigenvalue weighted by Gasteiger charge is 2.44. The summed E-state index contributed by atoms with van der Waals surface area (Å²) in [6.07, 6.45) is 15.9. The first-order valence-corrected chi connectivity index (χ1v) is 22.1. The molecular weight excluding hydrogens is 823 g/mol. The highest BCUT2D eigenvalue weighted by Crippen LogP contribution is 2.38. The highest BCUT2D eigenvalue weighted by atomic mass is 16.8. The molecule has 0 bridgehead atoms. The maximum Gasteiger partial charge on any atom is 0.342 e. The molecule has 2 fully saturated rings. The van der Waals surface area contributed by atoms with E-state index in [9.17, 15) is 14.7 Å². The Bertz CT molecular complexity index is 1900. The second-order valence-corrected chi connectivity index (χ2v) is 18.0. The Morgan fingerprint density at radius 2 is 1.02 bits per heavy atom. The van der Waals surface area contributed by atoms with E-state index in [4.69, 9.17) is 53.1 Å². The van der Waals surface area contributed by atoms with Gasteiger partial charge in [0.2, 0.25) is 0 Å². The molecule has 0 radical (unpaired) electrons. The van der Waals surface area contributed by atoms with E-state index in [1.807, 2.05) is 73.6 Å². The Kier molecular flexibility index (Phi) is 17.3. The Labute approximate surface area is 378 Å². The molecule has 4 aliphatic rings. The summed E-state index contributed by atoms with van der Waals surface area (Å²) in [5.41, 5.74) is 8.25. The van der Waals surface area contributed by atoms with Crippen molar-refractivity contribution in [3.05, 3.63) is 83.0 Å². The maximum atomic E-state index is 13.2. The monoisotopic (exact) mass is 891 g/mol. The summed E-state index contributed by atoms with van der Waals surface area (Å²) in [4.78, 5) is 26.3. The van der Waals surface area contributed by atoms with Crippen molar-refractivity contribution in [1.82, 2.24) is 0 Å². The fourth-order valence-electron chi connectivity index (χ4n) is 8.00. The zero-order valence-electron chi connectivity index (χ0n) is 39.5. The summed E-state index contributed by atoms with van der Waals surface area (Å²) in [6, 6.07) is 6.25. The van der Waals surface area contributed by atoms with Crippen LogP contribution in [0, 0.1) is 23.7 Å². The zero-order valence-corrected chi connectivity index (χ0v) is 39.5. The first-order chi connectivity index (χ1) is 30.2. The van der Waals surface area contributed by atoms with Crippen LogP contribution in [0.1, 0.15) is 114 Å². The van der Waals surface area contributed by atoms with Crippen LogP contribution < -0.4 is 15.2 Å². The molecule has 2 saturated heterocycles. The second kappa shape index (κ2) is 22.0. The van der Waals surface area contributed by atoms with E-state index >= 15 is 0 Å². The number of phenols is 1. The molecule has 0 aromatic heterocycles. The van der Waals surface area contributed by atoms with E-state index in [2.05, 4.69) is 38.2 Å². The van der Waals surface area contributed by atoms with Crippen LogP contribution in [0.4, 0.5) is 5.69 Å². The van der Waals surface area contributed by atoms with Crippen molar-refractivity contribution >= 4 is 29.8 Å². The summed E-state index contributed by atoms with van der Waals surface area (Å²) < 4.78 is 57.5. The summed E-state index contributed by atoms with van der Waals surface area (Å²) in [6.45, 7) is 19.6. The minimum absolute atomic E-state index is 0.00856. The number of anilines is 1.